The number of fused-ring (bicyclic) bond motifs is 3. The van der Waals surface area contributed by atoms with Crippen LogP contribution in [0.4, 0.5) is 5.82 Å². The van der Waals surface area contributed by atoms with Crippen LogP contribution in [-0.2, 0) is 4.79 Å². The molecule has 3 bridgehead atoms. The van der Waals surface area contributed by atoms with Gasteiger partial charge in [0.2, 0.25) is 0 Å². The number of amides is 1. The molecule has 0 spiro atoms. The van der Waals surface area contributed by atoms with Crippen LogP contribution in [0.1, 0.15) is 62.2 Å². The Bertz CT molecular complexity index is 895. The van der Waals surface area contributed by atoms with Gasteiger partial charge in [0.1, 0.15) is 17.1 Å². The van der Waals surface area contributed by atoms with Crippen molar-refractivity contribution in [2.45, 2.75) is 62.9 Å². The minimum atomic E-state index is 0.0654. The van der Waals surface area contributed by atoms with E-state index in [1.54, 1.807) is 11.8 Å². The van der Waals surface area contributed by atoms with E-state index in [1.165, 1.54) is 32.1 Å². The second-order valence-electron chi connectivity index (χ2n) is 11.1. The van der Waals surface area contributed by atoms with Gasteiger partial charge >= 0.3 is 0 Å². The van der Waals surface area contributed by atoms with Crippen LogP contribution in [0.25, 0.3) is 0 Å². The van der Waals surface area contributed by atoms with E-state index in [0.717, 1.165) is 72.1 Å². The molecule has 2 heterocycles. The highest BCUT2D eigenvalue weighted by atomic mass is 32.2. The van der Waals surface area contributed by atoms with Crippen molar-refractivity contribution in [3.63, 3.8) is 0 Å². The number of anilines is 1. The number of pyridine rings is 1. The van der Waals surface area contributed by atoms with Gasteiger partial charge in [0.05, 0.1) is 5.56 Å². The Labute approximate surface area is 195 Å². The monoisotopic (exact) mass is 453 g/mol. The molecule has 0 aromatic carbocycles. The third-order valence-electron chi connectivity index (χ3n) is 9.19. The van der Waals surface area contributed by atoms with Gasteiger partial charge < -0.3 is 15.0 Å². The molecule has 4 aliphatic carbocycles. The summed E-state index contributed by atoms with van der Waals surface area (Å²) in [4.78, 5) is 31.8. The van der Waals surface area contributed by atoms with Crippen molar-refractivity contribution in [2.24, 2.45) is 41.4 Å². The lowest BCUT2D eigenvalue weighted by atomic mass is 9.77. The molecule has 1 aromatic rings. The average Bonchev–Trinajstić information content (AvgIpc) is 3.16. The van der Waals surface area contributed by atoms with Crippen molar-refractivity contribution in [1.82, 2.24) is 10.3 Å². The zero-order valence-electron chi connectivity index (χ0n) is 19.0. The lowest BCUT2D eigenvalue weighted by Gasteiger charge is -2.33. The molecule has 1 aromatic heterocycles. The second kappa shape index (κ2) is 8.34. The molecular formula is C26H35N3O2S. The molecule has 0 radical (unpaired) electrons. The highest BCUT2D eigenvalue weighted by molar-refractivity contribution is 7.99. The summed E-state index contributed by atoms with van der Waals surface area (Å²) in [5.74, 6) is 6.66. The number of piperidine rings is 1. The highest BCUT2D eigenvalue weighted by Gasteiger charge is 2.56. The predicted octanol–water partition coefficient (Wildman–Crippen LogP) is 4.41. The van der Waals surface area contributed by atoms with Crippen LogP contribution in [0.5, 0.6) is 0 Å². The minimum absolute atomic E-state index is 0.0654. The molecule has 4 saturated carbocycles. The SMILES string of the molecule is CCCSc1nc(N2C[C@@H]3C(C=O)[C@@H]3C2)ccc1C(=O)NC1CCC2CC3CC2CC1C3. The molecule has 5 fully saturated rings. The summed E-state index contributed by atoms with van der Waals surface area (Å²) in [6, 6.07) is 4.34. The summed E-state index contributed by atoms with van der Waals surface area (Å²) < 4.78 is 0. The van der Waals surface area contributed by atoms with Gasteiger partial charge in [-0.15, -0.1) is 11.8 Å². The van der Waals surface area contributed by atoms with Crippen molar-refractivity contribution in [1.29, 1.82) is 0 Å². The van der Waals surface area contributed by atoms with Crippen LogP contribution in [0, 0.1) is 41.4 Å². The van der Waals surface area contributed by atoms with E-state index in [0.29, 0.717) is 23.8 Å². The van der Waals surface area contributed by atoms with Crippen LogP contribution in [-0.4, -0.2) is 42.1 Å². The zero-order chi connectivity index (χ0) is 21.8. The molecule has 172 valence electrons. The van der Waals surface area contributed by atoms with E-state index in [1.807, 2.05) is 12.1 Å². The summed E-state index contributed by atoms with van der Waals surface area (Å²) in [7, 11) is 0. The first-order valence-electron chi connectivity index (χ1n) is 12.8. The topological polar surface area (TPSA) is 62.3 Å². The van der Waals surface area contributed by atoms with Crippen molar-refractivity contribution in [2.75, 3.05) is 23.7 Å². The fourth-order valence-corrected chi connectivity index (χ4v) is 8.40. The molecule has 32 heavy (non-hydrogen) atoms. The van der Waals surface area contributed by atoms with Gasteiger partial charge in [-0.25, -0.2) is 4.98 Å². The van der Waals surface area contributed by atoms with E-state index in [2.05, 4.69) is 17.1 Å². The molecule has 6 rings (SSSR count). The Hall–Kier alpha value is -1.56. The number of nitrogens with zero attached hydrogens (tertiary/aromatic N) is 2. The number of thioether (sulfide) groups is 1. The third-order valence-corrected chi connectivity index (χ3v) is 10.4. The third kappa shape index (κ3) is 3.66. The molecule has 6 unspecified atom stereocenters. The predicted molar refractivity (Wildman–Crippen MR) is 127 cm³/mol. The van der Waals surface area contributed by atoms with Crippen LogP contribution in [0.3, 0.4) is 0 Å². The molecule has 1 amide bonds. The van der Waals surface area contributed by atoms with E-state index in [9.17, 15) is 9.59 Å². The molecule has 6 heteroatoms. The number of nitrogens with one attached hydrogen (secondary N) is 1. The number of aldehydes is 1. The van der Waals surface area contributed by atoms with E-state index in [-0.39, 0.29) is 11.8 Å². The first-order valence-corrected chi connectivity index (χ1v) is 13.8. The molecule has 1 aliphatic heterocycles. The zero-order valence-corrected chi connectivity index (χ0v) is 19.9. The highest BCUT2D eigenvalue weighted by Crippen LogP contribution is 2.53. The van der Waals surface area contributed by atoms with Gasteiger partial charge in [-0.2, -0.15) is 0 Å². The normalized spacial score (nSPS) is 39.0. The maximum absolute atomic E-state index is 13.4. The van der Waals surface area contributed by atoms with Crippen LogP contribution in [0.15, 0.2) is 17.2 Å². The molecule has 5 aliphatic rings. The lowest BCUT2D eigenvalue weighted by Crippen LogP contribution is -2.42. The number of hydrogen-bond donors (Lipinski definition) is 1. The smallest absolute Gasteiger partial charge is 0.254 e. The van der Waals surface area contributed by atoms with Crippen molar-refractivity contribution < 1.29 is 9.59 Å². The van der Waals surface area contributed by atoms with Gasteiger partial charge in [0.25, 0.3) is 5.91 Å². The summed E-state index contributed by atoms with van der Waals surface area (Å²) in [6.45, 7) is 4.00. The maximum Gasteiger partial charge on any atom is 0.254 e. The van der Waals surface area contributed by atoms with Gasteiger partial charge in [-0.05, 0) is 98.3 Å². The Balaban J connectivity index is 1.18. The number of carbonyl (C=O) groups excluding carboxylic acids is 2. The van der Waals surface area contributed by atoms with Crippen LogP contribution in [0.2, 0.25) is 0 Å². The van der Waals surface area contributed by atoms with Crippen molar-refractivity contribution >= 4 is 29.8 Å². The van der Waals surface area contributed by atoms with E-state index in [4.69, 9.17) is 4.98 Å². The Morgan fingerprint density at radius 2 is 1.91 bits per heavy atom. The summed E-state index contributed by atoms with van der Waals surface area (Å²) in [5, 5.41) is 4.33. The maximum atomic E-state index is 13.4. The first-order chi connectivity index (χ1) is 15.6. The molecule has 1 saturated heterocycles. The molecule has 8 atom stereocenters. The van der Waals surface area contributed by atoms with E-state index >= 15 is 0 Å². The van der Waals surface area contributed by atoms with E-state index < -0.39 is 0 Å². The summed E-state index contributed by atoms with van der Waals surface area (Å²) in [5.41, 5.74) is 0.740. The van der Waals surface area contributed by atoms with Gasteiger partial charge in [0.15, 0.2) is 0 Å². The number of aromatic nitrogens is 1. The molecule has 1 N–H and O–H groups in total. The van der Waals surface area contributed by atoms with Gasteiger partial charge in [-0.1, -0.05) is 6.92 Å². The Morgan fingerprint density at radius 1 is 1.12 bits per heavy atom. The standard InChI is InChI=1S/C26H35N3O2S/c1-2-7-32-26-19(4-6-24(28-26)29-12-20-21(13-29)22(20)14-30)25(31)27-23-5-3-16-8-15-9-17(16)11-18(23)10-15/h4,6,14-18,20-23H,2-3,5,7-13H2,1H3,(H,27,31)/t15?,16?,17?,18?,20-,21+,22?,23?. The van der Waals surface area contributed by atoms with Gasteiger partial charge in [0, 0.05) is 25.0 Å². The van der Waals surface area contributed by atoms with Gasteiger partial charge in [-0.3, -0.25) is 4.79 Å². The number of hydrogen-bond acceptors (Lipinski definition) is 5. The van der Waals surface area contributed by atoms with Crippen molar-refractivity contribution in [3.8, 4) is 0 Å². The van der Waals surface area contributed by atoms with Crippen LogP contribution >= 0.6 is 11.8 Å². The summed E-state index contributed by atoms with van der Waals surface area (Å²) in [6.07, 6.45) is 10.1. The number of carbonyl (C=O) groups is 2. The first kappa shape index (κ1) is 21.0. The average molecular weight is 454 g/mol. The fourth-order valence-electron chi connectivity index (χ4n) is 7.53. The molecule has 5 nitrogen and oxygen atoms in total. The Morgan fingerprint density at radius 3 is 2.69 bits per heavy atom. The summed E-state index contributed by atoms with van der Waals surface area (Å²) >= 11 is 1.70. The molecular weight excluding hydrogens is 418 g/mol. The quantitative estimate of drug-likeness (QED) is 0.489. The Kier molecular flexibility index (Phi) is 5.47. The second-order valence-corrected chi connectivity index (χ2v) is 12.1. The van der Waals surface area contributed by atoms with Crippen molar-refractivity contribution in [3.05, 3.63) is 17.7 Å². The lowest BCUT2D eigenvalue weighted by molar-refractivity contribution is -0.109. The van der Waals surface area contributed by atoms with Crippen LogP contribution < -0.4 is 10.2 Å². The number of rotatable bonds is 7. The largest absolute Gasteiger partial charge is 0.356 e. The fraction of sp³-hybridized carbons (Fsp3) is 0.731. The minimum Gasteiger partial charge on any atom is -0.356 e.